The molecule has 0 saturated carbocycles. The number of rotatable bonds is 2. The molecule has 0 unspecified atom stereocenters. The zero-order valence-corrected chi connectivity index (χ0v) is 9.34. The molecule has 0 spiro atoms. The Bertz CT molecular complexity index is 714. The lowest BCUT2D eigenvalue weighted by Crippen LogP contribution is -2.38. The van der Waals surface area contributed by atoms with Crippen LogP contribution in [0.15, 0.2) is 34.1 Å². The summed E-state index contributed by atoms with van der Waals surface area (Å²) in [5.74, 6) is -0.172. The molecule has 0 amide bonds. The average molecular weight is 249 g/mol. The number of nitro groups is 1. The fourth-order valence-corrected chi connectivity index (χ4v) is 1.47. The fraction of sp³-hybridized carbons (Fsp3) is 0.100. The molecule has 0 fully saturated rings. The second-order valence-electron chi connectivity index (χ2n) is 3.65. The molecule has 2 rings (SSSR count). The smallest absolute Gasteiger partial charge is 0.261 e. The molecule has 0 aromatic carbocycles. The second-order valence-corrected chi connectivity index (χ2v) is 3.65. The first kappa shape index (κ1) is 11.7. The lowest BCUT2D eigenvalue weighted by Gasteiger charge is -1.98. The van der Waals surface area contributed by atoms with Gasteiger partial charge < -0.3 is 0 Å². The third kappa shape index (κ3) is 2.03. The van der Waals surface area contributed by atoms with Gasteiger partial charge >= 0.3 is 22.8 Å². The van der Waals surface area contributed by atoms with E-state index in [1.807, 2.05) is 11.9 Å². The number of hydrogen-bond donors (Lipinski definition) is 2. The highest BCUT2D eigenvalue weighted by atomic mass is 16.6. The van der Waals surface area contributed by atoms with Crippen LogP contribution in [0.1, 0.15) is 5.56 Å². The SMILES string of the molecule is Cc1cc[n+](-c2[nH]c(=O)[nH]c(=O)c2[N+](=O)[O-])cc1. The first-order chi connectivity index (χ1) is 8.49. The van der Waals surface area contributed by atoms with Gasteiger partial charge in [0.05, 0.1) is 17.3 Å². The van der Waals surface area contributed by atoms with E-state index in [4.69, 9.17) is 0 Å². The Morgan fingerprint density at radius 3 is 2.39 bits per heavy atom. The van der Waals surface area contributed by atoms with Gasteiger partial charge in [-0.25, -0.2) is 14.3 Å². The molecule has 2 aromatic heterocycles. The van der Waals surface area contributed by atoms with Gasteiger partial charge in [-0.05, 0) is 24.6 Å². The molecule has 18 heavy (non-hydrogen) atoms. The number of pyridine rings is 1. The number of nitrogens with zero attached hydrogens (tertiary/aromatic N) is 2. The van der Waals surface area contributed by atoms with Crippen molar-refractivity contribution in [2.45, 2.75) is 6.92 Å². The van der Waals surface area contributed by atoms with Crippen molar-refractivity contribution in [1.82, 2.24) is 9.97 Å². The van der Waals surface area contributed by atoms with E-state index in [0.29, 0.717) is 0 Å². The Hall–Kier alpha value is -2.77. The maximum atomic E-state index is 11.4. The van der Waals surface area contributed by atoms with Gasteiger partial charge in [-0.3, -0.25) is 14.9 Å². The number of aryl methyl sites for hydroxylation is 1. The second kappa shape index (κ2) is 4.24. The summed E-state index contributed by atoms with van der Waals surface area (Å²) in [4.78, 5) is 36.7. The van der Waals surface area contributed by atoms with Crippen LogP contribution in [0.3, 0.4) is 0 Å². The molecule has 2 N–H and O–H groups in total. The molecule has 0 radical (unpaired) electrons. The van der Waals surface area contributed by atoms with Crippen LogP contribution in [-0.2, 0) is 0 Å². The van der Waals surface area contributed by atoms with E-state index < -0.39 is 21.9 Å². The van der Waals surface area contributed by atoms with Gasteiger partial charge in [-0.2, -0.15) is 4.98 Å². The van der Waals surface area contributed by atoms with E-state index in [-0.39, 0.29) is 5.82 Å². The Kier molecular flexibility index (Phi) is 2.76. The predicted octanol–water partition coefficient (Wildman–Crippen LogP) is -0.443. The van der Waals surface area contributed by atoms with Crippen molar-refractivity contribution in [2.75, 3.05) is 0 Å². The van der Waals surface area contributed by atoms with Crippen molar-refractivity contribution in [3.63, 3.8) is 0 Å². The van der Waals surface area contributed by atoms with E-state index >= 15 is 0 Å². The van der Waals surface area contributed by atoms with Gasteiger partial charge in [-0.1, -0.05) is 0 Å². The summed E-state index contributed by atoms with van der Waals surface area (Å²) in [7, 11) is 0. The van der Waals surface area contributed by atoms with Crippen LogP contribution in [0.4, 0.5) is 5.69 Å². The molecule has 0 aliphatic heterocycles. The van der Waals surface area contributed by atoms with Crippen molar-refractivity contribution in [3.8, 4) is 5.82 Å². The van der Waals surface area contributed by atoms with Crippen molar-refractivity contribution >= 4 is 5.69 Å². The summed E-state index contributed by atoms with van der Waals surface area (Å²) < 4.78 is 1.31. The van der Waals surface area contributed by atoms with Gasteiger partial charge in [-0.15, -0.1) is 0 Å². The molecule has 2 heterocycles. The summed E-state index contributed by atoms with van der Waals surface area (Å²) in [6.07, 6.45) is 3.04. The normalized spacial score (nSPS) is 10.3. The van der Waals surface area contributed by atoms with Crippen LogP contribution in [0.2, 0.25) is 0 Å². The highest BCUT2D eigenvalue weighted by Crippen LogP contribution is 2.07. The minimum Gasteiger partial charge on any atom is -0.261 e. The third-order valence-electron chi connectivity index (χ3n) is 2.34. The molecule has 0 saturated heterocycles. The van der Waals surface area contributed by atoms with Crippen molar-refractivity contribution in [1.29, 1.82) is 0 Å². The summed E-state index contributed by atoms with van der Waals surface area (Å²) in [5.41, 5.74) is -1.59. The Labute approximate surface area is 99.7 Å². The molecular formula is C10H9N4O4+. The van der Waals surface area contributed by atoms with Gasteiger partial charge in [0.25, 0.3) is 0 Å². The van der Waals surface area contributed by atoms with Gasteiger partial charge in [0.15, 0.2) is 0 Å². The highest BCUT2D eigenvalue weighted by Gasteiger charge is 2.28. The largest absolute Gasteiger partial charge is 0.422 e. The zero-order valence-electron chi connectivity index (χ0n) is 9.34. The topological polar surface area (TPSA) is 113 Å². The Morgan fingerprint density at radius 2 is 1.83 bits per heavy atom. The molecule has 92 valence electrons. The molecule has 0 aliphatic rings. The summed E-state index contributed by atoms with van der Waals surface area (Å²) >= 11 is 0. The summed E-state index contributed by atoms with van der Waals surface area (Å²) in [6, 6.07) is 3.40. The standard InChI is InChI=1S/C10H8N4O4/c1-6-2-4-13(5-3-6)8-7(14(17)18)9(15)12-10(16)11-8/h2-5H,1H3,(H-,11,12,15,16)/p+1. The highest BCUT2D eigenvalue weighted by molar-refractivity contribution is 5.37. The minimum absolute atomic E-state index is 0.172. The van der Waals surface area contributed by atoms with Crippen LogP contribution in [0.25, 0.3) is 5.82 Å². The van der Waals surface area contributed by atoms with Crippen molar-refractivity contribution < 1.29 is 9.49 Å². The number of nitrogens with one attached hydrogen (secondary N) is 2. The molecule has 0 atom stereocenters. The van der Waals surface area contributed by atoms with E-state index in [0.717, 1.165) is 5.56 Å². The minimum atomic E-state index is -1.04. The molecular weight excluding hydrogens is 240 g/mol. The molecule has 0 aliphatic carbocycles. The maximum absolute atomic E-state index is 11.4. The van der Waals surface area contributed by atoms with E-state index in [9.17, 15) is 19.7 Å². The quantitative estimate of drug-likeness (QED) is 0.426. The fourth-order valence-electron chi connectivity index (χ4n) is 1.47. The monoisotopic (exact) mass is 249 g/mol. The lowest BCUT2D eigenvalue weighted by atomic mass is 10.3. The van der Waals surface area contributed by atoms with Crippen LogP contribution in [0, 0.1) is 17.0 Å². The van der Waals surface area contributed by atoms with Gasteiger partial charge in [0.2, 0.25) is 0 Å². The van der Waals surface area contributed by atoms with Crippen LogP contribution in [0.5, 0.6) is 0 Å². The first-order valence-electron chi connectivity index (χ1n) is 4.98. The van der Waals surface area contributed by atoms with E-state index in [1.165, 1.54) is 17.0 Å². The predicted molar refractivity (Wildman–Crippen MR) is 60.6 cm³/mol. The number of aromatic amines is 2. The number of H-pyrrole nitrogens is 2. The number of hydrogen-bond acceptors (Lipinski definition) is 4. The molecule has 8 heteroatoms. The van der Waals surface area contributed by atoms with E-state index in [1.54, 1.807) is 12.1 Å². The third-order valence-corrected chi connectivity index (χ3v) is 2.34. The van der Waals surface area contributed by atoms with Crippen LogP contribution < -0.4 is 15.8 Å². The lowest BCUT2D eigenvalue weighted by molar-refractivity contribution is -0.605. The van der Waals surface area contributed by atoms with Gasteiger partial charge in [0, 0.05) is 0 Å². The zero-order chi connectivity index (χ0) is 13.3. The first-order valence-corrected chi connectivity index (χ1v) is 4.98. The van der Waals surface area contributed by atoms with E-state index in [2.05, 4.69) is 4.98 Å². The summed E-state index contributed by atoms with van der Waals surface area (Å²) in [6.45, 7) is 1.85. The molecule has 8 nitrogen and oxygen atoms in total. The molecule has 2 aromatic rings. The maximum Gasteiger partial charge on any atom is 0.422 e. The number of aromatic nitrogens is 3. The van der Waals surface area contributed by atoms with Crippen molar-refractivity contribution in [3.05, 3.63) is 61.0 Å². The Morgan fingerprint density at radius 1 is 1.22 bits per heavy atom. The van der Waals surface area contributed by atoms with Crippen LogP contribution >= 0.6 is 0 Å². The van der Waals surface area contributed by atoms with Gasteiger partial charge in [0.1, 0.15) is 0 Å². The van der Waals surface area contributed by atoms with Crippen molar-refractivity contribution in [2.24, 2.45) is 0 Å². The van der Waals surface area contributed by atoms with Crippen LogP contribution in [-0.4, -0.2) is 14.9 Å². The Balaban J connectivity index is 2.77. The average Bonchev–Trinajstić information content (AvgIpc) is 2.28. The molecule has 0 bridgehead atoms. The summed E-state index contributed by atoms with van der Waals surface area (Å²) in [5, 5.41) is 10.8.